The summed E-state index contributed by atoms with van der Waals surface area (Å²) in [7, 11) is 2.21. The first kappa shape index (κ1) is 14.1. The third-order valence-electron chi connectivity index (χ3n) is 5.19. The maximum atomic E-state index is 2.39. The fourth-order valence-electron chi connectivity index (χ4n) is 3.90. The highest BCUT2D eigenvalue weighted by atomic mass is 32.1. The van der Waals surface area contributed by atoms with E-state index in [1.54, 1.807) is 0 Å². The fraction of sp³-hybridized carbons (Fsp3) is 0.182. The molecule has 0 radical (unpaired) electrons. The first-order valence-corrected chi connectivity index (χ1v) is 9.29. The van der Waals surface area contributed by atoms with Gasteiger partial charge in [0.05, 0.1) is 5.52 Å². The summed E-state index contributed by atoms with van der Waals surface area (Å²) >= 11 is 1.89. The lowest BCUT2D eigenvalue weighted by Crippen LogP contribution is -1.90. The molecule has 0 atom stereocenters. The molecule has 0 fully saturated rings. The number of rotatable bonds is 1. The molecule has 0 N–H and O–H groups in total. The number of thiophene rings is 1. The van der Waals surface area contributed by atoms with Crippen molar-refractivity contribution in [2.45, 2.75) is 19.8 Å². The van der Waals surface area contributed by atoms with Crippen LogP contribution in [0.4, 0.5) is 0 Å². The van der Waals surface area contributed by atoms with Crippen molar-refractivity contribution in [3.8, 4) is 0 Å². The molecule has 5 rings (SSSR count). The topological polar surface area (TPSA) is 4.93 Å². The van der Waals surface area contributed by atoms with Crippen LogP contribution in [0, 0.1) is 0 Å². The van der Waals surface area contributed by atoms with E-state index in [2.05, 4.69) is 80.1 Å². The molecule has 0 aliphatic heterocycles. The minimum Gasteiger partial charge on any atom is -0.343 e. The summed E-state index contributed by atoms with van der Waals surface area (Å²) in [5.41, 5.74) is 4.10. The highest BCUT2D eigenvalue weighted by molar-refractivity contribution is 7.26. The number of hydrogen-bond donors (Lipinski definition) is 0. The van der Waals surface area contributed by atoms with E-state index in [9.17, 15) is 0 Å². The molecule has 3 aromatic carbocycles. The van der Waals surface area contributed by atoms with E-state index in [0.29, 0.717) is 5.92 Å². The van der Waals surface area contributed by atoms with Crippen LogP contribution in [0.1, 0.15) is 25.3 Å². The molecule has 0 amide bonds. The molecule has 0 spiro atoms. The zero-order valence-corrected chi connectivity index (χ0v) is 14.9. The quantitative estimate of drug-likeness (QED) is 0.318. The number of fused-ring (bicyclic) bond motifs is 7. The summed E-state index contributed by atoms with van der Waals surface area (Å²) in [5, 5.41) is 5.49. The van der Waals surface area contributed by atoms with Gasteiger partial charge in [-0.3, -0.25) is 0 Å². The summed E-state index contributed by atoms with van der Waals surface area (Å²) in [6.45, 7) is 4.52. The maximum Gasteiger partial charge on any atom is 0.0583 e. The Kier molecular flexibility index (Phi) is 2.84. The van der Waals surface area contributed by atoms with E-state index < -0.39 is 0 Å². The third-order valence-corrected chi connectivity index (χ3v) is 6.33. The van der Waals surface area contributed by atoms with Crippen molar-refractivity contribution in [2.75, 3.05) is 0 Å². The van der Waals surface area contributed by atoms with E-state index in [-0.39, 0.29) is 0 Å². The van der Waals surface area contributed by atoms with Gasteiger partial charge in [0.1, 0.15) is 0 Å². The highest BCUT2D eigenvalue weighted by Crippen LogP contribution is 2.41. The van der Waals surface area contributed by atoms with Gasteiger partial charge in [0.2, 0.25) is 0 Å². The Balaban J connectivity index is 2.03. The Labute approximate surface area is 145 Å². The Morgan fingerprint density at radius 3 is 2.46 bits per heavy atom. The SMILES string of the molecule is CC(C)c1ccc2c3ccc4sc5ccccc5c4c3n(C)c2c1. The number of aromatic nitrogens is 1. The number of aryl methyl sites for hydroxylation is 1. The second-order valence-electron chi connectivity index (χ2n) is 6.92. The lowest BCUT2D eigenvalue weighted by atomic mass is 10.0. The van der Waals surface area contributed by atoms with Gasteiger partial charge in [-0.25, -0.2) is 0 Å². The molecular weight excluding hydrogens is 310 g/mol. The van der Waals surface area contributed by atoms with Crippen LogP contribution in [-0.4, -0.2) is 4.57 Å². The zero-order valence-electron chi connectivity index (χ0n) is 14.1. The molecule has 5 aromatic rings. The summed E-state index contributed by atoms with van der Waals surface area (Å²) in [6, 6.07) is 20.3. The van der Waals surface area contributed by atoms with Crippen LogP contribution in [0.25, 0.3) is 42.0 Å². The molecule has 0 bridgehead atoms. The van der Waals surface area contributed by atoms with Gasteiger partial charge in [-0.15, -0.1) is 11.3 Å². The van der Waals surface area contributed by atoms with Crippen LogP contribution < -0.4 is 0 Å². The summed E-state index contributed by atoms with van der Waals surface area (Å²) in [4.78, 5) is 0. The van der Waals surface area contributed by atoms with Crippen LogP contribution in [0.15, 0.2) is 54.6 Å². The van der Waals surface area contributed by atoms with E-state index in [1.807, 2.05) is 11.3 Å². The minimum absolute atomic E-state index is 0.550. The van der Waals surface area contributed by atoms with E-state index in [1.165, 1.54) is 47.5 Å². The molecule has 118 valence electrons. The first-order valence-electron chi connectivity index (χ1n) is 8.47. The number of benzene rings is 3. The molecule has 0 unspecified atom stereocenters. The lowest BCUT2D eigenvalue weighted by molar-refractivity contribution is 0.866. The van der Waals surface area contributed by atoms with Crippen molar-refractivity contribution in [2.24, 2.45) is 7.05 Å². The van der Waals surface area contributed by atoms with Crippen LogP contribution >= 0.6 is 11.3 Å². The van der Waals surface area contributed by atoms with E-state index in [0.717, 1.165) is 0 Å². The summed E-state index contributed by atoms with van der Waals surface area (Å²) in [5.74, 6) is 0.550. The fourth-order valence-corrected chi connectivity index (χ4v) is 5.01. The van der Waals surface area contributed by atoms with Crippen molar-refractivity contribution < 1.29 is 0 Å². The van der Waals surface area contributed by atoms with Crippen molar-refractivity contribution in [1.29, 1.82) is 0 Å². The van der Waals surface area contributed by atoms with Crippen LogP contribution in [0.5, 0.6) is 0 Å². The number of nitrogens with zero attached hydrogens (tertiary/aromatic N) is 1. The third kappa shape index (κ3) is 1.75. The van der Waals surface area contributed by atoms with Crippen molar-refractivity contribution in [3.05, 3.63) is 60.2 Å². The highest BCUT2D eigenvalue weighted by Gasteiger charge is 2.15. The van der Waals surface area contributed by atoms with Gasteiger partial charge in [0.15, 0.2) is 0 Å². The standard InChI is InChI=1S/C22H19NS/c1-13(2)14-8-9-15-16-10-11-20-21(22(16)23(3)18(15)12-14)17-6-4-5-7-19(17)24-20/h4-13H,1-3H3. The largest absolute Gasteiger partial charge is 0.343 e. The second kappa shape index (κ2) is 4.84. The molecular formula is C22H19NS. The van der Waals surface area contributed by atoms with Gasteiger partial charge >= 0.3 is 0 Å². The van der Waals surface area contributed by atoms with Gasteiger partial charge in [-0.05, 0) is 29.7 Å². The minimum atomic E-state index is 0.550. The summed E-state index contributed by atoms with van der Waals surface area (Å²) in [6.07, 6.45) is 0. The van der Waals surface area contributed by atoms with Crippen LogP contribution in [0.3, 0.4) is 0 Å². The monoisotopic (exact) mass is 329 g/mol. The summed E-state index contributed by atoms with van der Waals surface area (Å²) < 4.78 is 5.13. The Morgan fingerprint density at radius 1 is 0.833 bits per heavy atom. The molecule has 2 heterocycles. The molecule has 0 aliphatic rings. The van der Waals surface area contributed by atoms with Gasteiger partial charge in [0, 0.05) is 43.5 Å². The molecule has 0 aliphatic carbocycles. The normalized spacial score (nSPS) is 12.3. The molecule has 2 heteroatoms. The van der Waals surface area contributed by atoms with E-state index in [4.69, 9.17) is 0 Å². The predicted molar refractivity (Wildman–Crippen MR) is 107 cm³/mol. The van der Waals surface area contributed by atoms with Crippen LogP contribution in [0.2, 0.25) is 0 Å². The molecule has 24 heavy (non-hydrogen) atoms. The Bertz CT molecular complexity index is 1240. The van der Waals surface area contributed by atoms with Crippen molar-refractivity contribution in [3.63, 3.8) is 0 Å². The van der Waals surface area contributed by atoms with Crippen molar-refractivity contribution >= 4 is 53.3 Å². The molecule has 0 saturated carbocycles. The average molecular weight is 329 g/mol. The maximum absolute atomic E-state index is 2.39. The first-order chi connectivity index (χ1) is 11.6. The molecule has 1 nitrogen and oxygen atoms in total. The van der Waals surface area contributed by atoms with Gasteiger partial charge in [-0.2, -0.15) is 0 Å². The Morgan fingerprint density at radius 2 is 1.62 bits per heavy atom. The van der Waals surface area contributed by atoms with Gasteiger partial charge in [0.25, 0.3) is 0 Å². The zero-order chi connectivity index (χ0) is 16.4. The van der Waals surface area contributed by atoms with Gasteiger partial charge in [-0.1, -0.05) is 50.2 Å². The average Bonchev–Trinajstić information content (AvgIpc) is 3.10. The van der Waals surface area contributed by atoms with E-state index >= 15 is 0 Å². The molecule has 2 aromatic heterocycles. The van der Waals surface area contributed by atoms with Gasteiger partial charge < -0.3 is 4.57 Å². The van der Waals surface area contributed by atoms with Crippen LogP contribution in [-0.2, 0) is 7.05 Å². The second-order valence-corrected chi connectivity index (χ2v) is 8.01. The molecule has 0 saturated heterocycles. The lowest BCUT2D eigenvalue weighted by Gasteiger charge is -2.06. The van der Waals surface area contributed by atoms with Crippen molar-refractivity contribution in [1.82, 2.24) is 4.57 Å². The Hall–Kier alpha value is -2.32. The smallest absolute Gasteiger partial charge is 0.0583 e. The number of hydrogen-bond acceptors (Lipinski definition) is 1. The predicted octanol–water partition coefficient (Wildman–Crippen LogP) is 6.82.